The van der Waals surface area contributed by atoms with E-state index in [4.69, 9.17) is 51.8 Å². The van der Waals surface area contributed by atoms with Gasteiger partial charge in [-0.2, -0.15) is 0 Å². The summed E-state index contributed by atoms with van der Waals surface area (Å²) in [5.74, 6) is -1.37. The van der Waals surface area contributed by atoms with Gasteiger partial charge in [0.05, 0.1) is 54.8 Å². The molecule has 4 fully saturated rings. The van der Waals surface area contributed by atoms with Crippen LogP contribution in [0.15, 0.2) is 54.9 Å². The number of anilines is 1. The highest BCUT2D eigenvalue weighted by Gasteiger charge is 2.54. The average molecular weight is 1210 g/mol. The molecular weight excluding hydrogens is 1110 g/mol. The number of nitrogens with one attached hydrogen (secondary N) is 2. The summed E-state index contributed by atoms with van der Waals surface area (Å²) in [7, 11) is 4.69. The fourth-order valence-electron chi connectivity index (χ4n) is 12.0. The number of allylic oxidation sites excluding steroid dienone is 2. The standard InChI is InChI=1S/C61H99N7O16Si/c1-36-30-41-31-51(84-85(14,15)60(6,7)8)80-45(32-49(71)75-37(2)22-17-16-18-24-44(36)79-50-28-27-43(62-10)38(3)76-50)57(74-13)56(41)83-59-54(72)53(67(11)12)55(39(4)78-59)82-52-33-61(9,73)58(40(5)77-52)81-48(70)26-21-23-42-34-68(66-65-42)35-47(69)64-46-25-19-20-29-63-46/h16-20,24-25,29,34,36-41,43-45,50-59,62,72-73H,21-23,26-28,30-33,35H2,1-15H3,(H,63,64,69)/b17-16+,24-18+/t36-,37-,38-,39-,40+,41-,43+,44+,45-,50+,51?,52+,53-,54-,55-,56+,57+,58+,59+,61-/m1/s1. The van der Waals surface area contributed by atoms with Crippen molar-refractivity contribution in [2.45, 2.75) is 261 Å². The number of amides is 1. The van der Waals surface area contributed by atoms with Gasteiger partial charge < -0.3 is 77.5 Å². The lowest BCUT2D eigenvalue weighted by molar-refractivity contribution is -0.343. The van der Waals surface area contributed by atoms with Crippen LogP contribution in [0.1, 0.15) is 126 Å². The Morgan fingerprint density at radius 3 is 2.35 bits per heavy atom. The zero-order valence-corrected chi connectivity index (χ0v) is 53.8. The Kier molecular flexibility index (Phi) is 24.4. The number of aromatic nitrogens is 4. The number of aliphatic hydroxyl groups excluding tert-OH is 1. The lowest BCUT2D eigenvalue weighted by Gasteiger charge is -2.50. The van der Waals surface area contributed by atoms with Crippen LogP contribution in [-0.4, -0.2) is 199 Å². The zero-order chi connectivity index (χ0) is 62.0. The Balaban J connectivity index is 1.06. The van der Waals surface area contributed by atoms with Gasteiger partial charge in [-0.3, -0.25) is 14.4 Å². The maximum atomic E-state index is 14.0. The summed E-state index contributed by atoms with van der Waals surface area (Å²) in [6.45, 7) is 22.0. The van der Waals surface area contributed by atoms with Gasteiger partial charge in [0.15, 0.2) is 33.3 Å². The number of rotatable bonds is 19. The molecule has 478 valence electrons. The molecule has 0 spiro atoms. The van der Waals surface area contributed by atoms with Crippen molar-refractivity contribution in [3.05, 3.63) is 60.6 Å². The van der Waals surface area contributed by atoms with E-state index in [1.54, 1.807) is 51.6 Å². The number of carbonyl (C=O) groups is 3. The molecule has 20 atom stereocenters. The number of ether oxygens (including phenoxy) is 10. The van der Waals surface area contributed by atoms with E-state index in [0.29, 0.717) is 50.0 Å². The van der Waals surface area contributed by atoms with Gasteiger partial charge in [-0.15, -0.1) is 5.10 Å². The Morgan fingerprint density at radius 2 is 1.68 bits per heavy atom. The molecular formula is C61H99N7O16Si. The van der Waals surface area contributed by atoms with Gasteiger partial charge in [-0.05, 0) is 130 Å². The second-order valence-electron chi connectivity index (χ2n) is 25.9. The number of esters is 2. The molecule has 5 aliphatic heterocycles. The Bertz CT molecular complexity index is 2500. The van der Waals surface area contributed by atoms with Crippen LogP contribution in [0, 0.1) is 11.8 Å². The quantitative estimate of drug-likeness (QED) is 0.0879. The van der Waals surface area contributed by atoms with Crippen LogP contribution in [0.5, 0.6) is 0 Å². The number of nitrogens with zero attached hydrogens (tertiary/aromatic N) is 5. The molecule has 0 radical (unpaired) electrons. The normalized spacial score (nSPS) is 37.2. The van der Waals surface area contributed by atoms with E-state index in [1.165, 1.54) is 4.68 Å². The number of aliphatic hydroxyl groups is 2. The van der Waals surface area contributed by atoms with Crippen molar-refractivity contribution >= 4 is 32.0 Å². The van der Waals surface area contributed by atoms with E-state index in [2.05, 4.69) is 79.7 Å². The number of fused-ring (bicyclic) bond motifs is 3. The number of aryl methyl sites for hydroxylation is 1. The zero-order valence-electron chi connectivity index (χ0n) is 52.8. The predicted octanol–water partition coefficient (Wildman–Crippen LogP) is 6.37. The molecule has 1 amide bonds. The highest BCUT2D eigenvalue weighted by molar-refractivity contribution is 6.74. The maximum absolute atomic E-state index is 14.0. The van der Waals surface area contributed by atoms with Crippen molar-refractivity contribution < 1.29 is 76.4 Å². The van der Waals surface area contributed by atoms with Crippen molar-refractivity contribution in [2.24, 2.45) is 11.8 Å². The lowest BCUT2D eigenvalue weighted by atomic mass is 9.82. The first-order valence-electron chi connectivity index (χ1n) is 30.5. The fraction of sp³-hybridized carbons (Fsp3) is 0.770. The summed E-state index contributed by atoms with van der Waals surface area (Å²) in [5.41, 5.74) is -0.977. The third kappa shape index (κ3) is 18.7. The van der Waals surface area contributed by atoms with Crippen molar-refractivity contribution in [1.29, 1.82) is 0 Å². The van der Waals surface area contributed by atoms with Crippen LogP contribution in [0.2, 0.25) is 18.1 Å². The first-order valence-corrected chi connectivity index (χ1v) is 33.4. The molecule has 2 bridgehead atoms. The molecule has 2 aromatic heterocycles. The molecule has 4 N–H and O–H groups in total. The molecule has 0 aromatic carbocycles. The number of hydrogen-bond acceptors (Lipinski definition) is 21. The molecule has 2 aromatic rings. The second-order valence-corrected chi connectivity index (χ2v) is 30.7. The molecule has 7 rings (SSSR count). The molecule has 0 aliphatic carbocycles. The Labute approximate surface area is 503 Å². The fourth-order valence-corrected chi connectivity index (χ4v) is 13.2. The van der Waals surface area contributed by atoms with Gasteiger partial charge in [0.25, 0.3) is 0 Å². The van der Waals surface area contributed by atoms with E-state index >= 15 is 0 Å². The molecule has 5 aliphatic rings. The lowest BCUT2D eigenvalue weighted by Crippen LogP contribution is -2.65. The Hall–Kier alpha value is -4.12. The van der Waals surface area contributed by atoms with Gasteiger partial charge in [0.1, 0.15) is 48.7 Å². The summed E-state index contributed by atoms with van der Waals surface area (Å²) >= 11 is 0. The molecule has 85 heavy (non-hydrogen) atoms. The summed E-state index contributed by atoms with van der Waals surface area (Å²) < 4.78 is 74.2. The smallest absolute Gasteiger partial charge is 0.308 e. The average Bonchev–Trinajstić information content (AvgIpc) is 3.97. The monoisotopic (exact) mass is 1210 g/mol. The van der Waals surface area contributed by atoms with E-state index in [-0.39, 0.29) is 60.7 Å². The van der Waals surface area contributed by atoms with Gasteiger partial charge in [0, 0.05) is 51.2 Å². The molecule has 23 nitrogen and oxygen atoms in total. The van der Waals surface area contributed by atoms with Crippen LogP contribution < -0.4 is 10.6 Å². The van der Waals surface area contributed by atoms with Crippen LogP contribution in [-0.2, 0) is 79.1 Å². The minimum atomic E-state index is -2.51. The first kappa shape index (κ1) is 68.4. The van der Waals surface area contributed by atoms with E-state index in [9.17, 15) is 24.6 Å². The van der Waals surface area contributed by atoms with Crippen LogP contribution >= 0.6 is 0 Å². The van der Waals surface area contributed by atoms with Crippen molar-refractivity contribution in [1.82, 2.24) is 30.2 Å². The maximum Gasteiger partial charge on any atom is 0.308 e. The van der Waals surface area contributed by atoms with Gasteiger partial charge in [0.2, 0.25) is 5.91 Å². The van der Waals surface area contributed by atoms with Crippen LogP contribution in [0.3, 0.4) is 0 Å². The van der Waals surface area contributed by atoms with Crippen molar-refractivity contribution in [3.63, 3.8) is 0 Å². The van der Waals surface area contributed by atoms with Gasteiger partial charge >= 0.3 is 11.9 Å². The van der Waals surface area contributed by atoms with Gasteiger partial charge in [-0.1, -0.05) is 63.3 Å². The van der Waals surface area contributed by atoms with Crippen LogP contribution in [0.4, 0.5) is 5.82 Å². The van der Waals surface area contributed by atoms with E-state index < -0.39 is 118 Å². The number of methoxy groups -OCH3 is 1. The van der Waals surface area contributed by atoms with Crippen molar-refractivity contribution in [2.75, 3.05) is 33.6 Å². The van der Waals surface area contributed by atoms with Crippen molar-refractivity contribution in [3.8, 4) is 0 Å². The number of cyclic esters (lactones) is 1. The molecule has 1 unspecified atom stereocenters. The third-order valence-electron chi connectivity index (χ3n) is 17.6. The second kappa shape index (κ2) is 30.4. The minimum absolute atomic E-state index is 0.0302. The molecule has 7 heterocycles. The number of likely N-dealkylation sites (N-methyl/N-ethyl adjacent to an activating group) is 2. The third-order valence-corrected chi connectivity index (χ3v) is 22.1. The largest absolute Gasteiger partial charge is 0.462 e. The molecule has 4 saturated heterocycles. The number of hydrogen-bond donors (Lipinski definition) is 4. The highest BCUT2D eigenvalue weighted by Crippen LogP contribution is 2.44. The number of pyridine rings is 1. The molecule has 24 heteroatoms. The summed E-state index contributed by atoms with van der Waals surface area (Å²) in [6, 6.07) is 4.69. The summed E-state index contributed by atoms with van der Waals surface area (Å²) in [4.78, 5) is 45.7. The summed E-state index contributed by atoms with van der Waals surface area (Å²) in [5, 5.41) is 38.7. The highest BCUT2D eigenvalue weighted by atomic mass is 28.4. The number of carbonyl (C=O) groups excluding carboxylic acids is 3. The van der Waals surface area contributed by atoms with E-state index in [0.717, 1.165) is 6.42 Å². The first-order chi connectivity index (χ1) is 40.1. The minimum Gasteiger partial charge on any atom is -0.462 e. The topological polar surface area (TPSA) is 264 Å². The SMILES string of the molecule is CN[C@H]1CC[C@H](O[C@H]2/C=C/C=C/C[C@@H](C)OC(=O)C[C@H]3OC(O[Si](C)(C)C(C)(C)C)C[C@@H](C[C@H]2C)[C@H](O[C@@H]2O[C@H](C)[C@@H](O[C@H]4C[C@@](C)(O)[C@@H](OC(=O)CCCc5cn(CC(=O)Nc6ccccn6)nn5)[C@H](C)O4)[C@H](N(C)C)[C@H]2O)[C@H]3OC)O[C@@H]1C. The van der Waals surface area contributed by atoms with Gasteiger partial charge in [-0.25, -0.2) is 9.67 Å². The predicted molar refractivity (Wildman–Crippen MR) is 317 cm³/mol. The summed E-state index contributed by atoms with van der Waals surface area (Å²) in [6.07, 6.45) is 3.21. The Morgan fingerprint density at radius 1 is 0.929 bits per heavy atom. The molecule has 0 saturated carbocycles. The van der Waals surface area contributed by atoms with Crippen LogP contribution in [0.25, 0.3) is 0 Å². The van der Waals surface area contributed by atoms with E-state index in [1.807, 2.05) is 58.1 Å².